The Hall–Kier alpha value is -2.11. The summed E-state index contributed by atoms with van der Waals surface area (Å²) in [6.07, 6.45) is 4.35. The van der Waals surface area contributed by atoms with Crippen LogP contribution >= 0.6 is 0 Å². The number of rotatable bonds is 5. The maximum Gasteiger partial charge on any atom is 0.128 e. The van der Waals surface area contributed by atoms with Crippen molar-refractivity contribution in [1.29, 1.82) is 0 Å². The molecular formula is C12H16FN5. The van der Waals surface area contributed by atoms with Crippen LogP contribution in [0.25, 0.3) is 0 Å². The lowest BCUT2D eigenvalue weighted by molar-refractivity contribution is 0.570. The van der Waals surface area contributed by atoms with E-state index in [-0.39, 0.29) is 5.82 Å². The third-order valence-corrected chi connectivity index (χ3v) is 2.68. The van der Waals surface area contributed by atoms with Gasteiger partial charge in [-0.1, -0.05) is 5.21 Å². The molecule has 0 unspecified atom stereocenters. The maximum atomic E-state index is 13.2. The van der Waals surface area contributed by atoms with Gasteiger partial charge < -0.3 is 11.1 Å². The van der Waals surface area contributed by atoms with Gasteiger partial charge in [0.2, 0.25) is 0 Å². The van der Waals surface area contributed by atoms with Gasteiger partial charge in [-0.2, -0.15) is 0 Å². The maximum absolute atomic E-state index is 13.2. The Morgan fingerprint density at radius 3 is 3.00 bits per heavy atom. The van der Waals surface area contributed by atoms with Crippen LogP contribution in [0.5, 0.6) is 0 Å². The van der Waals surface area contributed by atoms with Gasteiger partial charge in [0.15, 0.2) is 0 Å². The lowest BCUT2D eigenvalue weighted by Gasteiger charge is -2.10. The molecule has 0 amide bonds. The van der Waals surface area contributed by atoms with E-state index >= 15 is 0 Å². The van der Waals surface area contributed by atoms with Crippen LogP contribution in [0.1, 0.15) is 12.0 Å². The number of benzene rings is 1. The van der Waals surface area contributed by atoms with Gasteiger partial charge in [0.05, 0.1) is 17.6 Å². The van der Waals surface area contributed by atoms with E-state index in [1.54, 1.807) is 23.9 Å². The number of nitrogens with two attached hydrogens (primary N) is 1. The third kappa shape index (κ3) is 2.97. The molecule has 1 heterocycles. The molecule has 3 N–H and O–H groups in total. The second-order valence-electron chi connectivity index (χ2n) is 4.14. The lowest BCUT2D eigenvalue weighted by atomic mass is 10.2. The Morgan fingerprint density at radius 2 is 2.28 bits per heavy atom. The summed E-state index contributed by atoms with van der Waals surface area (Å²) < 4.78 is 15.0. The SMILES string of the molecule is Cc1cc(NCCCn2ccnn2)c(N)cc1F. The molecule has 0 saturated carbocycles. The van der Waals surface area contributed by atoms with Crippen molar-refractivity contribution in [2.75, 3.05) is 17.6 Å². The predicted molar refractivity (Wildman–Crippen MR) is 68.7 cm³/mol. The van der Waals surface area contributed by atoms with Gasteiger partial charge in [0.25, 0.3) is 0 Å². The van der Waals surface area contributed by atoms with Gasteiger partial charge in [-0.15, -0.1) is 5.10 Å². The fourth-order valence-electron chi connectivity index (χ4n) is 1.67. The molecule has 5 nitrogen and oxygen atoms in total. The van der Waals surface area contributed by atoms with Crippen molar-refractivity contribution in [3.63, 3.8) is 0 Å². The highest BCUT2D eigenvalue weighted by Crippen LogP contribution is 2.22. The molecule has 18 heavy (non-hydrogen) atoms. The largest absolute Gasteiger partial charge is 0.397 e. The number of aromatic nitrogens is 3. The Morgan fingerprint density at radius 1 is 1.44 bits per heavy atom. The molecule has 0 atom stereocenters. The van der Waals surface area contributed by atoms with Gasteiger partial charge >= 0.3 is 0 Å². The van der Waals surface area contributed by atoms with Gasteiger partial charge in [0.1, 0.15) is 5.82 Å². The van der Waals surface area contributed by atoms with E-state index in [2.05, 4.69) is 15.6 Å². The minimum atomic E-state index is -0.277. The molecule has 0 fully saturated rings. The molecular weight excluding hydrogens is 233 g/mol. The van der Waals surface area contributed by atoms with E-state index < -0.39 is 0 Å². The van der Waals surface area contributed by atoms with E-state index in [0.29, 0.717) is 11.3 Å². The highest BCUT2D eigenvalue weighted by Gasteiger charge is 2.04. The minimum absolute atomic E-state index is 0.277. The van der Waals surface area contributed by atoms with Crippen LogP contribution in [0.4, 0.5) is 15.8 Å². The quantitative estimate of drug-likeness (QED) is 0.626. The zero-order chi connectivity index (χ0) is 13.0. The first kappa shape index (κ1) is 12.3. The molecule has 0 radical (unpaired) electrons. The molecule has 0 saturated heterocycles. The topological polar surface area (TPSA) is 68.8 Å². The fourth-order valence-corrected chi connectivity index (χ4v) is 1.67. The summed E-state index contributed by atoms with van der Waals surface area (Å²) in [5.41, 5.74) is 7.52. The first-order valence-corrected chi connectivity index (χ1v) is 5.80. The standard InChI is InChI=1S/C12H16FN5/c1-9-7-12(11(14)8-10(9)13)15-3-2-5-18-6-4-16-17-18/h4,6-8,15H,2-3,5,14H2,1H3. The number of hydrogen-bond acceptors (Lipinski definition) is 4. The molecule has 1 aromatic carbocycles. The Balaban J connectivity index is 1.85. The van der Waals surface area contributed by atoms with Crippen LogP contribution in [0.15, 0.2) is 24.5 Å². The number of hydrogen-bond donors (Lipinski definition) is 2. The number of halogens is 1. The molecule has 0 aliphatic heterocycles. The average molecular weight is 249 g/mol. The molecule has 2 rings (SSSR count). The second kappa shape index (κ2) is 5.48. The van der Waals surface area contributed by atoms with E-state index in [1.165, 1.54) is 6.07 Å². The zero-order valence-electron chi connectivity index (χ0n) is 10.2. The van der Waals surface area contributed by atoms with Crippen LogP contribution in [0, 0.1) is 12.7 Å². The third-order valence-electron chi connectivity index (χ3n) is 2.68. The number of nitrogens with one attached hydrogen (secondary N) is 1. The van der Waals surface area contributed by atoms with Crippen molar-refractivity contribution in [2.45, 2.75) is 19.9 Å². The van der Waals surface area contributed by atoms with Gasteiger partial charge in [-0.05, 0) is 31.0 Å². The van der Waals surface area contributed by atoms with Gasteiger partial charge in [0, 0.05) is 19.3 Å². The Kier molecular flexibility index (Phi) is 3.76. The molecule has 96 valence electrons. The van der Waals surface area contributed by atoms with Crippen molar-refractivity contribution in [3.8, 4) is 0 Å². The van der Waals surface area contributed by atoms with Crippen LogP contribution in [-0.2, 0) is 6.54 Å². The Bertz CT molecular complexity index is 509. The summed E-state index contributed by atoms with van der Waals surface area (Å²) in [6.45, 7) is 3.25. The fraction of sp³-hybridized carbons (Fsp3) is 0.333. The number of aryl methyl sites for hydroxylation is 2. The molecule has 0 spiro atoms. The summed E-state index contributed by atoms with van der Waals surface area (Å²) in [4.78, 5) is 0. The van der Waals surface area contributed by atoms with E-state index in [1.807, 2.05) is 6.20 Å². The first-order chi connectivity index (χ1) is 8.66. The second-order valence-corrected chi connectivity index (χ2v) is 4.14. The molecule has 6 heteroatoms. The van der Waals surface area contributed by atoms with Crippen LogP contribution in [0.3, 0.4) is 0 Å². The van der Waals surface area contributed by atoms with Gasteiger partial charge in [-0.25, -0.2) is 4.39 Å². The summed E-state index contributed by atoms with van der Waals surface area (Å²) in [7, 11) is 0. The van der Waals surface area contributed by atoms with Gasteiger partial charge in [-0.3, -0.25) is 4.68 Å². The highest BCUT2D eigenvalue weighted by atomic mass is 19.1. The van der Waals surface area contributed by atoms with Crippen molar-refractivity contribution in [1.82, 2.24) is 15.0 Å². The van der Waals surface area contributed by atoms with Crippen LogP contribution in [0.2, 0.25) is 0 Å². The van der Waals surface area contributed by atoms with Crippen molar-refractivity contribution < 1.29 is 4.39 Å². The lowest BCUT2D eigenvalue weighted by Crippen LogP contribution is -2.09. The molecule has 1 aromatic heterocycles. The van der Waals surface area contributed by atoms with Crippen molar-refractivity contribution in [2.24, 2.45) is 0 Å². The van der Waals surface area contributed by atoms with E-state index in [0.717, 1.165) is 25.2 Å². The average Bonchev–Trinajstić information content (AvgIpc) is 2.84. The summed E-state index contributed by atoms with van der Waals surface area (Å²) in [6, 6.07) is 3.06. The molecule has 0 aliphatic carbocycles. The normalized spacial score (nSPS) is 10.6. The molecule has 0 bridgehead atoms. The smallest absolute Gasteiger partial charge is 0.128 e. The number of nitrogen functional groups attached to an aromatic ring is 1. The Labute approximate surface area is 105 Å². The number of anilines is 2. The van der Waals surface area contributed by atoms with Crippen LogP contribution in [-0.4, -0.2) is 21.5 Å². The van der Waals surface area contributed by atoms with E-state index in [9.17, 15) is 4.39 Å². The summed E-state index contributed by atoms with van der Waals surface area (Å²) >= 11 is 0. The van der Waals surface area contributed by atoms with Crippen molar-refractivity contribution >= 4 is 11.4 Å². The van der Waals surface area contributed by atoms with Crippen LogP contribution < -0.4 is 11.1 Å². The monoisotopic (exact) mass is 249 g/mol. The summed E-state index contributed by atoms with van der Waals surface area (Å²) in [5.74, 6) is -0.277. The zero-order valence-corrected chi connectivity index (χ0v) is 10.2. The van der Waals surface area contributed by atoms with Crippen molar-refractivity contribution in [3.05, 3.63) is 35.9 Å². The number of nitrogens with zero attached hydrogens (tertiary/aromatic N) is 3. The molecule has 2 aromatic rings. The van der Waals surface area contributed by atoms with E-state index in [4.69, 9.17) is 5.73 Å². The highest BCUT2D eigenvalue weighted by molar-refractivity contribution is 5.67. The summed E-state index contributed by atoms with van der Waals surface area (Å²) in [5, 5.41) is 10.8. The predicted octanol–water partition coefficient (Wildman–Crippen LogP) is 1.81. The minimum Gasteiger partial charge on any atom is -0.397 e. The first-order valence-electron chi connectivity index (χ1n) is 5.80. The molecule has 0 aliphatic rings.